The summed E-state index contributed by atoms with van der Waals surface area (Å²) >= 11 is 3.03. The second-order valence-corrected chi connectivity index (χ2v) is 3.35. The quantitative estimate of drug-likeness (QED) is 0.665. The van der Waals surface area contributed by atoms with Crippen molar-refractivity contribution in [2.45, 2.75) is 18.4 Å². The molecule has 0 nitrogen and oxygen atoms in total. The first-order valence-electron chi connectivity index (χ1n) is 3.68. The SMILES string of the molecule is Cc1ccc(C(F)(F)F)c(CBr)c1. The molecule has 0 aliphatic carbocycles. The molecular formula is C9H8BrF3. The Labute approximate surface area is 82.9 Å². The van der Waals surface area contributed by atoms with Gasteiger partial charge in [0.15, 0.2) is 0 Å². The molecule has 0 N–H and O–H groups in total. The van der Waals surface area contributed by atoms with Crippen molar-refractivity contribution in [1.29, 1.82) is 0 Å². The Morgan fingerprint density at radius 3 is 2.38 bits per heavy atom. The van der Waals surface area contributed by atoms with Crippen molar-refractivity contribution in [2.75, 3.05) is 0 Å². The van der Waals surface area contributed by atoms with E-state index in [1.165, 1.54) is 12.1 Å². The van der Waals surface area contributed by atoms with Gasteiger partial charge in [0.2, 0.25) is 0 Å². The van der Waals surface area contributed by atoms with Gasteiger partial charge in [0.1, 0.15) is 0 Å². The normalized spacial score (nSPS) is 11.8. The zero-order valence-corrected chi connectivity index (χ0v) is 8.54. The van der Waals surface area contributed by atoms with E-state index < -0.39 is 11.7 Å². The molecule has 4 heteroatoms. The molecule has 0 spiro atoms. The van der Waals surface area contributed by atoms with E-state index in [0.717, 1.165) is 11.6 Å². The highest BCUT2D eigenvalue weighted by Crippen LogP contribution is 2.33. The summed E-state index contributed by atoms with van der Waals surface area (Å²) in [6, 6.07) is 4.12. The van der Waals surface area contributed by atoms with Crippen LogP contribution in [-0.2, 0) is 11.5 Å². The third kappa shape index (κ3) is 2.46. The fraction of sp³-hybridized carbons (Fsp3) is 0.333. The average Bonchev–Trinajstić information content (AvgIpc) is 2.01. The highest BCUT2D eigenvalue weighted by molar-refractivity contribution is 9.08. The Bertz CT molecular complexity index is 304. The first-order chi connectivity index (χ1) is 5.95. The van der Waals surface area contributed by atoms with E-state index in [0.29, 0.717) is 0 Å². The van der Waals surface area contributed by atoms with Gasteiger partial charge in [0, 0.05) is 5.33 Å². The number of rotatable bonds is 1. The molecule has 0 atom stereocenters. The van der Waals surface area contributed by atoms with E-state index in [4.69, 9.17) is 0 Å². The number of alkyl halides is 4. The van der Waals surface area contributed by atoms with Crippen molar-refractivity contribution >= 4 is 15.9 Å². The Morgan fingerprint density at radius 2 is 1.92 bits per heavy atom. The smallest absolute Gasteiger partial charge is 0.166 e. The Hall–Kier alpha value is -0.510. The summed E-state index contributed by atoms with van der Waals surface area (Å²) in [6.07, 6.45) is -4.25. The van der Waals surface area contributed by atoms with E-state index in [9.17, 15) is 13.2 Å². The maximum atomic E-state index is 12.3. The van der Waals surface area contributed by atoms with E-state index in [-0.39, 0.29) is 10.9 Å². The predicted octanol–water partition coefficient (Wildman–Crippen LogP) is 3.91. The van der Waals surface area contributed by atoms with Crippen LogP contribution in [0.15, 0.2) is 18.2 Å². The van der Waals surface area contributed by atoms with Crippen LogP contribution in [0.4, 0.5) is 13.2 Å². The first kappa shape index (κ1) is 10.6. The zero-order chi connectivity index (χ0) is 10.1. The van der Waals surface area contributed by atoms with Gasteiger partial charge < -0.3 is 0 Å². The van der Waals surface area contributed by atoms with Crippen molar-refractivity contribution in [3.05, 3.63) is 34.9 Å². The van der Waals surface area contributed by atoms with Gasteiger partial charge in [0.05, 0.1) is 5.56 Å². The number of aryl methyl sites for hydroxylation is 1. The van der Waals surface area contributed by atoms with E-state index in [2.05, 4.69) is 15.9 Å². The molecule has 0 saturated heterocycles. The molecule has 0 heterocycles. The van der Waals surface area contributed by atoms with Crippen LogP contribution in [0.1, 0.15) is 16.7 Å². The molecule has 0 amide bonds. The molecule has 0 unspecified atom stereocenters. The maximum Gasteiger partial charge on any atom is 0.416 e. The summed E-state index contributed by atoms with van der Waals surface area (Å²) < 4.78 is 37.0. The first-order valence-corrected chi connectivity index (χ1v) is 4.80. The third-order valence-corrected chi connectivity index (χ3v) is 2.31. The second kappa shape index (κ2) is 3.70. The summed E-state index contributed by atoms with van der Waals surface area (Å²) in [5, 5.41) is 0.226. The van der Waals surface area contributed by atoms with Crippen LogP contribution in [0.2, 0.25) is 0 Å². The molecule has 1 aromatic rings. The largest absolute Gasteiger partial charge is 0.416 e. The lowest BCUT2D eigenvalue weighted by molar-refractivity contribution is -0.138. The number of benzene rings is 1. The summed E-state index contributed by atoms with van der Waals surface area (Å²) in [5.74, 6) is 0. The van der Waals surface area contributed by atoms with Crippen LogP contribution in [0.3, 0.4) is 0 Å². The monoisotopic (exact) mass is 252 g/mol. The van der Waals surface area contributed by atoms with Gasteiger partial charge in [-0.3, -0.25) is 0 Å². The van der Waals surface area contributed by atoms with Crippen LogP contribution in [0.25, 0.3) is 0 Å². The summed E-state index contributed by atoms with van der Waals surface area (Å²) in [4.78, 5) is 0. The molecule has 0 fully saturated rings. The molecule has 0 radical (unpaired) electrons. The Balaban J connectivity index is 3.22. The molecule has 0 aromatic heterocycles. The van der Waals surface area contributed by atoms with E-state index in [1.54, 1.807) is 6.92 Å². The molecular weight excluding hydrogens is 245 g/mol. The highest BCUT2D eigenvalue weighted by Gasteiger charge is 2.32. The van der Waals surface area contributed by atoms with Crippen LogP contribution < -0.4 is 0 Å². The van der Waals surface area contributed by atoms with E-state index >= 15 is 0 Å². The standard InChI is InChI=1S/C9H8BrF3/c1-6-2-3-8(9(11,12)13)7(4-6)5-10/h2-4H,5H2,1H3. The molecule has 0 aliphatic heterocycles. The average molecular weight is 253 g/mol. The number of hydrogen-bond acceptors (Lipinski definition) is 0. The Kier molecular flexibility index (Phi) is 3.01. The van der Waals surface area contributed by atoms with Gasteiger partial charge in [-0.25, -0.2) is 0 Å². The van der Waals surface area contributed by atoms with Crippen molar-refractivity contribution in [3.8, 4) is 0 Å². The predicted molar refractivity (Wildman–Crippen MR) is 48.8 cm³/mol. The van der Waals surface area contributed by atoms with Crippen LogP contribution in [0, 0.1) is 6.92 Å². The molecule has 0 saturated carbocycles. The van der Waals surface area contributed by atoms with Crippen molar-refractivity contribution < 1.29 is 13.2 Å². The number of halogens is 4. The van der Waals surface area contributed by atoms with Crippen molar-refractivity contribution in [1.82, 2.24) is 0 Å². The molecule has 0 aliphatic rings. The minimum atomic E-state index is -4.25. The topological polar surface area (TPSA) is 0 Å². The maximum absolute atomic E-state index is 12.3. The van der Waals surface area contributed by atoms with Crippen LogP contribution >= 0.6 is 15.9 Å². The minimum absolute atomic E-state index is 0.226. The van der Waals surface area contributed by atoms with Crippen LogP contribution in [0.5, 0.6) is 0 Å². The molecule has 1 aromatic carbocycles. The lowest BCUT2D eigenvalue weighted by atomic mass is 10.1. The molecule has 1 rings (SSSR count). The van der Waals surface area contributed by atoms with Gasteiger partial charge in [-0.15, -0.1) is 0 Å². The van der Waals surface area contributed by atoms with Crippen molar-refractivity contribution in [2.24, 2.45) is 0 Å². The lowest BCUT2D eigenvalue weighted by Crippen LogP contribution is -2.08. The summed E-state index contributed by atoms with van der Waals surface area (Å²) in [7, 11) is 0. The van der Waals surface area contributed by atoms with Crippen molar-refractivity contribution in [3.63, 3.8) is 0 Å². The summed E-state index contributed by atoms with van der Waals surface area (Å²) in [6.45, 7) is 1.77. The fourth-order valence-electron chi connectivity index (χ4n) is 1.11. The molecule has 72 valence electrons. The highest BCUT2D eigenvalue weighted by atomic mass is 79.9. The van der Waals surface area contributed by atoms with Gasteiger partial charge in [-0.2, -0.15) is 13.2 Å². The zero-order valence-electron chi connectivity index (χ0n) is 6.95. The van der Waals surface area contributed by atoms with Gasteiger partial charge in [-0.1, -0.05) is 33.6 Å². The lowest BCUT2D eigenvalue weighted by Gasteiger charge is -2.11. The number of hydrogen-bond donors (Lipinski definition) is 0. The Morgan fingerprint density at radius 1 is 1.31 bits per heavy atom. The minimum Gasteiger partial charge on any atom is -0.166 e. The molecule has 0 bridgehead atoms. The van der Waals surface area contributed by atoms with Gasteiger partial charge in [-0.05, 0) is 18.6 Å². The third-order valence-electron chi connectivity index (χ3n) is 1.71. The van der Waals surface area contributed by atoms with Gasteiger partial charge >= 0.3 is 6.18 Å². The van der Waals surface area contributed by atoms with Gasteiger partial charge in [0.25, 0.3) is 0 Å². The van der Waals surface area contributed by atoms with E-state index in [1.807, 2.05) is 0 Å². The van der Waals surface area contributed by atoms with Crippen LogP contribution in [-0.4, -0.2) is 0 Å². The summed E-state index contributed by atoms with van der Waals surface area (Å²) in [5.41, 5.74) is 0.560. The second-order valence-electron chi connectivity index (χ2n) is 2.79. The molecule has 13 heavy (non-hydrogen) atoms. The fourth-order valence-corrected chi connectivity index (χ4v) is 1.57.